The fraction of sp³-hybridized carbons (Fsp3) is 0.595. The quantitative estimate of drug-likeness (QED) is 0.0466. The van der Waals surface area contributed by atoms with Gasteiger partial charge in [-0.05, 0) is 87.5 Å². The third-order valence-corrected chi connectivity index (χ3v) is 11.4. The van der Waals surface area contributed by atoms with Crippen molar-refractivity contribution >= 4 is 76.0 Å². The molecule has 354 valence electrons. The van der Waals surface area contributed by atoms with Crippen molar-refractivity contribution in [2.45, 2.75) is 127 Å². The Bertz CT molecular complexity index is 1960. The molecule has 14 N–H and O–H groups in total. The molecular formula is C42H64N10O11S. The molecule has 7 atom stereocenters. The number of nitrogens with zero attached hydrogens (tertiary/aromatic N) is 1. The molecule has 7 amide bonds. The van der Waals surface area contributed by atoms with Gasteiger partial charge in [-0.1, -0.05) is 32.0 Å². The number of benzene rings is 1. The van der Waals surface area contributed by atoms with E-state index < -0.39 is 102 Å². The summed E-state index contributed by atoms with van der Waals surface area (Å²) in [5.74, 6) is -8.09. The number of carbonyl (C=O) groups excluding carboxylic acids is 7. The van der Waals surface area contributed by atoms with Gasteiger partial charge in [0.1, 0.15) is 36.3 Å². The van der Waals surface area contributed by atoms with Crippen molar-refractivity contribution in [3.05, 3.63) is 36.0 Å². The van der Waals surface area contributed by atoms with Gasteiger partial charge in [0.05, 0.1) is 12.5 Å². The zero-order valence-corrected chi connectivity index (χ0v) is 37.4. The number of carbonyl (C=O) groups is 9. The molecule has 22 heteroatoms. The van der Waals surface area contributed by atoms with Crippen LogP contribution in [-0.2, 0) is 49.6 Å². The van der Waals surface area contributed by atoms with Crippen molar-refractivity contribution in [3.8, 4) is 0 Å². The highest BCUT2D eigenvalue weighted by Crippen LogP contribution is 2.23. The Morgan fingerprint density at radius 2 is 1.47 bits per heavy atom. The number of carboxylic acids is 2. The van der Waals surface area contributed by atoms with Crippen molar-refractivity contribution < 1.29 is 53.4 Å². The normalized spacial score (nSPS) is 16.5. The van der Waals surface area contributed by atoms with E-state index in [9.17, 15) is 53.4 Å². The molecule has 0 spiro atoms. The Morgan fingerprint density at radius 3 is 2.11 bits per heavy atom. The lowest BCUT2D eigenvalue weighted by molar-refractivity contribution is -0.144. The topological polar surface area (TPSA) is 351 Å². The summed E-state index contributed by atoms with van der Waals surface area (Å²) in [5, 5.41) is 32.9. The molecule has 1 aromatic carbocycles. The third-order valence-electron chi connectivity index (χ3n) is 10.7. The van der Waals surface area contributed by atoms with E-state index in [2.05, 4.69) is 31.6 Å². The van der Waals surface area contributed by atoms with E-state index in [-0.39, 0.29) is 51.0 Å². The molecule has 0 bridgehead atoms. The molecule has 21 nitrogen and oxygen atoms in total. The Morgan fingerprint density at radius 1 is 0.828 bits per heavy atom. The zero-order chi connectivity index (χ0) is 47.5. The summed E-state index contributed by atoms with van der Waals surface area (Å²) in [6.45, 7) is 3.89. The number of hydrogen-bond acceptors (Lipinski definition) is 12. The van der Waals surface area contributed by atoms with Crippen LogP contribution in [0.2, 0.25) is 0 Å². The number of aliphatic carboxylic acids is 2. The predicted octanol–water partition coefficient (Wildman–Crippen LogP) is -0.794. The van der Waals surface area contributed by atoms with Crippen LogP contribution in [0.5, 0.6) is 0 Å². The highest BCUT2D eigenvalue weighted by Gasteiger charge is 2.40. The number of aromatic nitrogens is 1. The highest BCUT2D eigenvalue weighted by atomic mass is 32.2. The second kappa shape index (κ2) is 26.1. The van der Waals surface area contributed by atoms with Gasteiger partial charge in [-0.15, -0.1) is 0 Å². The Labute approximate surface area is 375 Å². The number of primary amides is 1. The van der Waals surface area contributed by atoms with Crippen LogP contribution in [0.4, 0.5) is 0 Å². The van der Waals surface area contributed by atoms with Gasteiger partial charge < -0.3 is 63.9 Å². The number of likely N-dealkylation sites (tertiary alicyclic amines) is 1. The van der Waals surface area contributed by atoms with E-state index in [4.69, 9.17) is 17.2 Å². The number of amides is 7. The monoisotopic (exact) mass is 916 g/mol. The average molecular weight is 917 g/mol. The molecule has 0 aliphatic carbocycles. The van der Waals surface area contributed by atoms with E-state index in [1.807, 2.05) is 30.5 Å². The molecule has 0 radical (unpaired) electrons. The smallest absolute Gasteiger partial charge is 0.326 e. The van der Waals surface area contributed by atoms with E-state index in [0.717, 1.165) is 16.5 Å². The van der Waals surface area contributed by atoms with Crippen LogP contribution in [-0.4, -0.2) is 141 Å². The molecule has 64 heavy (non-hydrogen) atoms. The summed E-state index contributed by atoms with van der Waals surface area (Å²) in [6, 6.07) is -1.72. The molecule has 1 aromatic heterocycles. The highest BCUT2D eigenvalue weighted by molar-refractivity contribution is 7.98. The lowest BCUT2D eigenvalue weighted by Gasteiger charge is -2.30. The molecule has 0 saturated carbocycles. The van der Waals surface area contributed by atoms with Crippen molar-refractivity contribution in [1.29, 1.82) is 0 Å². The number of nitrogens with one attached hydrogen (secondary N) is 6. The minimum atomic E-state index is -1.74. The minimum absolute atomic E-state index is 0.0261. The maximum absolute atomic E-state index is 14.4. The first-order chi connectivity index (χ1) is 30.4. The van der Waals surface area contributed by atoms with Crippen molar-refractivity contribution in [2.24, 2.45) is 23.1 Å². The number of rotatable bonds is 28. The van der Waals surface area contributed by atoms with E-state index >= 15 is 0 Å². The summed E-state index contributed by atoms with van der Waals surface area (Å²) < 4.78 is 0. The summed E-state index contributed by atoms with van der Waals surface area (Å²) in [7, 11) is 0. The zero-order valence-electron chi connectivity index (χ0n) is 36.6. The number of hydrogen-bond donors (Lipinski definition) is 11. The lowest BCUT2D eigenvalue weighted by atomic mass is 10.0. The average Bonchev–Trinajstić information content (AvgIpc) is 3.90. The Kier molecular flexibility index (Phi) is 21.5. The van der Waals surface area contributed by atoms with Gasteiger partial charge in [0, 0.05) is 36.5 Å². The number of fused-ring (bicyclic) bond motifs is 1. The van der Waals surface area contributed by atoms with Crippen molar-refractivity contribution in [2.75, 3.05) is 25.1 Å². The number of para-hydroxylation sites is 1. The molecule has 0 unspecified atom stereocenters. The van der Waals surface area contributed by atoms with Gasteiger partial charge in [-0.3, -0.25) is 38.4 Å². The van der Waals surface area contributed by atoms with Crippen LogP contribution in [0, 0.1) is 5.92 Å². The van der Waals surface area contributed by atoms with Crippen LogP contribution < -0.4 is 43.8 Å². The number of nitrogens with two attached hydrogens (primary N) is 3. The number of unbranched alkanes of at least 4 members (excludes halogenated alkanes) is 1. The van der Waals surface area contributed by atoms with Crippen LogP contribution >= 0.6 is 11.8 Å². The molecule has 1 fully saturated rings. The van der Waals surface area contributed by atoms with Gasteiger partial charge in [-0.2, -0.15) is 11.8 Å². The molecule has 3 rings (SSSR count). The Balaban J connectivity index is 1.83. The standard InChI is InChI=1S/C42H64N10O11S/c1-23(2)19-30(38(58)47-28(13-14-34(45)53)37(57)48-29(42(62)63)11-6-7-16-43)49-39(59)31(21-35(54)55)50-40(60)33-12-8-17-52(33)41(61)32(51-36(56)26(44)15-18-64-3)20-24-22-46-27-10-5-4-9-25(24)27/h4-5,9-10,22-23,26,28-33,46H,6-8,11-21,43-44H2,1-3H3,(H2,45,53)(H,47,58)(H,48,57)(H,49,59)(H,50,60)(H,51,56)(H,54,55)(H,62,63)/t26-,28-,29-,30-,31-,32-,33-/m0/s1. The SMILES string of the molecule is CSCC[C@H](N)C(=O)N[C@@H](Cc1c[nH]c2ccccc12)C(=O)N1CCC[C@H]1C(=O)N[C@@H](CC(=O)O)C(=O)N[C@@H](CC(C)C)C(=O)N[C@@H](CCC(N)=O)C(=O)N[C@@H](CCCCN)C(=O)O. The molecule has 2 heterocycles. The third kappa shape index (κ3) is 16.4. The van der Waals surface area contributed by atoms with E-state index in [1.54, 1.807) is 20.0 Å². The van der Waals surface area contributed by atoms with Crippen molar-refractivity contribution in [3.63, 3.8) is 0 Å². The van der Waals surface area contributed by atoms with Gasteiger partial charge >= 0.3 is 11.9 Å². The first-order valence-corrected chi connectivity index (χ1v) is 22.8. The van der Waals surface area contributed by atoms with Crippen LogP contribution in [0.3, 0.4) is 0 Å². The number of H-pyrrole nitrogens is 1. The molecule has 1 aliphatic heterocycles. The first-order valence-electron chi connectivity index (χ1n) is 21.4. The van der Waals surface area contributed by atoms with Crippen LogP contribution in [0.1, 0.15) is 83.6 Å². The maximum Gasteiger partial charge on any atom is 0.326 e. The van der Waals surface area contributed by atoms with Gasteiger partial charge in [-0.25, -0.2) is 4.79 Å². The minimum Gasteiger partial charge on any atom is -0.481 e. The summed E-state index contributed by atoms with van der Waals surface area (Å²) in [5.41, 5.74) is 18.5. The second-order valence-corrected chi connectivity index (χ2v) is 17.3. The fourth-order valence-electron chi connectivity index (χ4n) is 7.36. The van der Waals surface area contributed by atoms with Gasteiger partial charge in [0.15, 0.2) is 0 Å². The predicted molar refractivity (Wildman–Crippen MR) is 238 cm³/mol. The molecule has 2 aromatic rings. The molecular weight excluding hydrogens is 853 g/mol. The van der Waals surface area contributed by atoms with Gasteiger partial charge in [0.25, 0.3) is 0 Å². The summed E-state index contributed by atoms with van der Waals surface area (Å²) in [6.07, 6.45) is 3.87. The largest absolute Gasteiger partial charge is 0.481 e. The second-order valence-electron chi connectivity index (χ2n) is 16.3. The number of aromatic amines is 1. The number of thioether (sulfide) groups is 1. The summed E-state index contributed by atoms with van der Waals surface area (Å²) in [4.78, 5) is 123. The maximum atomic E-state index is 14.4. The Hall–Kier alpha value is -5.74. The fourth-order valence-corrected chi connectivity index (χ4v) is 7.85. The van der Waals surface area contributed by atoms with Crippen LogP contribution in [0.15, 0.2) is 30.5 Å². The van der Waals surface area contributed by atoms with Gasteiger partial charge in [0.2, 0.25) is 41.4 Å². The lowest BCUT2D eigenvalue weighted by Crippen LogP contribution is -2.60. The molecule has 1 aliphatic rings. The molecule has 1 saturated heterocycles. The number of carboxylic acid groups (broad SMARTS) is 2. The van der Waals surface area contributed by atoms with Crippen molar-refractivity contribution in [1.82, 2.24) is 36.5 Å². The van der Waals surface area contributed by atoms with E-state index in [1.165, 1.54) is 16.7 Å². The van der Waals surface area contributed by atoms with E-state index in [0.29, 0.717) is 38.0 Å². The summed E-state index contributed by atoms with van der Waals surface area (Å²) >= 11 is 1.51. The first kappa shape index (κ1) is 52.6. The van der Waals surface area contributed by atoms with Crippen LogP contribution in [0.25, 0.3) is 10.9 Å².